The third-order valence-corrected chi connectivity index (χ3v) is 6.49. The smallest absolute Gasteiger partial charge is 0.241 e. The number of aromatic nitrogens is 2. The highest BCUT2D eigenvalue weighted by Crippen LogP contribution is 2.38. The van der Waals surface area contributed by atoms with Crippen LogP contribution in [0.5, 0.6) is 0 Å². The summed E-state index contributed by atoms with van der Waals surface area (Å²) in [5.41, 5.74) is 6.44. The van der Waals surface area contributed by atoms with Crippen LogP contribution in [0.15, 0.2) is 30.3 Å². The van der Waals surface area contributed by atoms with Gasteiger partial charge in [-0.2, -0.15) is 0 Å². The molecular weight excluding hydrogens is 346 g/mol. The molecule has 3 N–H and O–H groups in total. The minimum Gasteiger partial charge on any atom is -0.374 e. The van der Waals surface area contributed by atoms with Gasteiger partial charge in [0.05, 0.1) is 0 Å². The van der Waals surface area contributed by atoms with Crippen molar-refractivity contribution in [2.45, 2.75) is 50.1 Å². The molecule has 1 aliphatic carbocycles. The third-order valence-electron chi connectivity index (χ3n) is 5.68. The first kappa shape index (κ1) is 17.4. The second-order valence-corrected chi connectivity index (χ2v) is 8.27. The van der Waals surface area contributed by atoms with Gasteiger partial charge in [-0.15, -0.1) is 10.2 Å². The minimum atomic E-state index is -0.361. The van der Waals surface area contributed by atoms with Crippen LogP contribution in [-0.4, -0.2) is 39.6 Å². The molecule has 1 aromatic carbocycles. The number of nitrogens with one attached hydrogen (secondary N) is 1. The van der Waals surface area contributed by atoms with Crippen LogP contribution < -0.4 is 11.1 Å². The largest absolute Gasteiger partial charge is 0.374 e. The average Bonchev–Trinajstić information content (AvgIpc) is 3.41. The molecule has 1 aliphatic heterocycles. The van der Waals surface area contributed by atoms with Gasteiger partial charge in [0.1, 0.15) is 16.6 Å². The third kappa shape index (κ3) is 3.21. The number of anilines is 1. The fraction of sp³-hybridized carbons (Fsp3) is 0.526. The van der Waals surface area contributed by atoms with Crippen LogP contribution in [0.3, 0.4) is 0 Å². The molecule has 0 spiro atoms. The summed E-state index contributed by atoms with van der Waals surface area (Å²) in [7, 11) is 0. The molecule has 0 radical (unpaired) electrons. The topological polar surface area (TPSA) is 84.1 Å². The predicted molar refractivity (Wildman–Crippen MR) is 103 cm³/mol. The van der Waals surface area contributed by atoms with Crippen LogP contribution in [0.1, 0.15) is 55.1 Å². The number of rotatable bonds is 5. The summed E-state index contributed by atoms with van der Waals surface area (Å²) in [6, 6.07) is 9.65. The molecule has 0 bridgehead atoms. The lowest BCUT2D eigenvalue weighted by molar-refractivity contribution is -0.133. The van der Waals surface area contributed by atoms with E-state index in [1.54, 1.807) is 0 Å². The van der Waals surface area contributed by atoms with Crippen LogP contribution in [0.2, 0.25) is 0 Å². The van der Waals surface area contributed by atoms with Crippen molar-refractivity contribution in [1.29, 1.82) is 0 Å². The molecule has 1 amide bonds. The predicted octanol–water partition coefficient (Wildman–Crippen LogP) is 2.73. The van der Waals surface area contributed by atoms with Crippen molar-refractivity contribution in [3.63, 3.8) is 0 Å². The second kappa shape index (κ2) is 7.32. The summed E-state index contributed by atoms with van der Waals surface area (Å²) >= 11 is 1.33. The SMILES string of the molecule is Nc1nnc([C@@H](NC(=O)C2(N3CCCC3)CCCC2)c2ccccc2)s1. The van der Waals surface area contributed by atoms with E-state index in [4.69, 9.17) is 5.73 Å². The van der Waals surface area contributed by atoms with Crippen molar-refractivity contribution in [1.82, 2.24) is 20.4 Å². The number of nitrogens with zero attached hydrogens (tertiary/aromatic N) is 3. The molecule has 1 saturated carbocycles. The van der Waals surface area contributed by atoms with Crippen LogP contribution in [0.4, 0.5) is 5.13 Å². The summed E-state index contributed by atoms with van der Waals surface area (Å²) in [6.07, 6.45) is 6.49. The maximum absolute atomic E-state index is 13.5. The standard InChI is InChI=1S/C19H25N5OS/c20-18-23-22-16(26-18)15(14-8-2-1-3-9-14)21-17(25)19(10-4-5-11-19)24-12-6-7-13-24/h1-3,8-9,15H,4-7,10-13H2,(H2,20,23)(H,21,25)/t15-/m0/s1. The molecule has 1 atom stereocenters. The molecule has 7 heteroatoms. The lowest BCUT2D eigenvalue weighted by Gasteiger charge is -2.38. The quantitative estimate of drug-likeness (QED) is 0.844. The summed E-state index contributed by atoms with van der Waals surface area (Å²) in [5.74, 6) is 0.125. The van der Waals surface area contributed by atoms with E-state index in [-0.39, 0.29) is 17.5 Å². The molecule has 2 aliphatic rings. The van der Waals surface area contributed by atoms with Crippen molar-refractivity contribution in [2.75, 3.05) is 18.8 Å². The Labute approximate surface area is 157 Å². The van der Waals surface area contributed by atoms with Gasteiger partial charge in [0, 0.05) is 0 Å². The summed E-state index contributed by atoms with van der Waals surface area (Å²) in [4.78, 5) is 15.9. The highest BCUT2D eigenvalue weighted by Gasteiger charge is 2.47. The van der Waals surface area contributed by atoms with Gasteiger partial charge in [-0.3, -0.25) is 9.69 Å². The number of hydrogen-bond acceptors (Lipinski definition) is 6. The zero-order valence-electron chi connectivity index (χ0n) is 14.9. The fourth-order valence-corrected chi connectivity index (χ4v) is 5.04. The number of hydrogen-bond donors (Lipinski definition) is 2. The van der Waals surface area contributed by atoms with Gasteiger partial charge in [0.15, 0.2) is 0 Å². The van der Waals surface area contributed by atoms with Gasteiger partial charge in [-0.05, 0) is 44.3 Å². The van der Waals surface area contributed by atoms with E-state index in [1.165, 1.54) is 24.2 Å². The van der Waals surface area contributed by atoms with E-state index in [2.05, 4.69) is 20.4 Å². The van der Waals surface area contributed by atoms with E-state index in [0.29, 0.717) is 5.13 Å². The van der Waals surface area contributed by atoms with E-state index in [0.717, 1.165) is 49.3 Å². The molecule has 4 rings (SSSR count). The molecule has 2 aromatic rings. The van der Waals surface area contributed by atoms with Gasteiger partial charge in [-0.1, -0.05) is 54.5 Å². The first-order chi connectivity index (χ1) is 12.7. The van der Waals surface area contributed by atoms with Crippen molar-refractivity contribution >= 4 is 22.4 Å². The van der Waals surface area contributed by atoms with E-state index in [9.17, 15) is 4.79 Å². The first-order valence-corrected chi connectivity index (χ1v) is 10.2. The summed E-state index contributed by atoms with van der Waals surface area (Å²) in [6.45, 7) is 2.05. The van der Waals surface area contributed by atoms with Crippen LogP contribution in [0.25, 0.3) is 0 Å². The molecular formula is C19H25N5OS. The molecule has 1 saturated heterocycles. The number of nitrogen functional groups attached to an aromatic ring is 1. The molecule has 138 valence electrons. The molecule has 0 unspecified atom stereocenters. The fourth-order valence-electron chi connectivity index (χ4n) is 4.35. The van der Waals surface area contributed by atoms with Crippen LogP contribution >= 0.6 is 11.3 Å². The Morgan fingerprint density at radius 1 is 1.12 bits per heavy atom. The Morgan fingerprint density at radius 3 is 2.42 bits per heavy atom. The lowest BCUT2D eigenvalue weighted by Crippen LogP contribution is -2.56. The summed E-state index contributed by atoms with van der Waals surface area (Å²) < 4.78 is 0. The van der Waals surface area contributed by atoms with Gasteiger partial charge in [0.25, 0.3) is 0 Å². The Kier molecular flexibility index (Phi) is 4.91. The molecule has 1 aromatic heterocycles. The minimum absolute atomic E-state index is 0.125. The van der Waals surface area contributed by atoms with Gasteiger partial charge in [0.2, 0.25) is 11.0 Å². The van der Waals surface area contributed by atoms with Crippen LogP contribution in [0, 0.1) is 0 Å². The Balaban J connectivity index is 1.63. The molecule has 2 fully saturated rings. The number of carbonyl (C=O) groups excluding carboxylic acids is 1. The van der Waals surface area contributed by atoms with E-state index < -0.39 is 0 Å². The second-order valence-electron chi connectivity index (χ2n) is 7.23. The van der Waals surface area contributed by atoms with E-state index in [1.807, 2.05) is 30.3 Å². The Bertz CT molecular complexity index is 750. The van der Waals surface area contributed by atoms with Crippen molar-refractivity contribution in [3.05, 3.63) is 40.9 Å². The molecule has 6 nitrogen and oxygen atoms in total. The Morgan fingerprint density at radius 2 is 1.81 bits per heavy atom. The molecule has 2 heterocycles. The van der Waals surface area contributed by atoms with Gasteiger partial charge >= 0.3 is 0 Å². The normalized spacial score (nSPS) is 20.9. The number of carbonyl (C=O) groups is 1. The number of likely N-dealkylation sites (tertiary alicyclic amines) is 1. The monoisotopic (exact) mass is 371 g/mol. The average molecular weight is 372 g/mol. The zero-order valence-corrected chi connectivity index (χ0v) is 15.7. The van der Waals surface area contributed by atoms with Gasteiger partial charge in [-0.25, -0.2) is 0 Å². The number of nitrogens with two attached hydrogens (primary N) is 1. The van der Waals surface area contributed by atoms with Crippen molar-refractivity contribution in [2.24, 2.45) is 0 Å². The number of benzene rings is 1. The first-order valence-electron chi connectivity index (χ1n) is 9.39. The van der Waals surface area contributed by atoms with Gasteiger partial charge < -0.3 is 11.1 Å². The molecule has 26 heavy (non-hydrogen) atoms. The Hall–Kier alpha value is -1.99. The highest BCUT2D eigenvalue weighted by molar-refractivity contribution is 7.15. The summed E-state index contributed by atoms with van der Waals surface area (Å²) in [5, 5.41) is 12.6. The lowest BCUT2D eigenvalue weighted by atomic mass is 9.93. The maximum atomic E-state index is 13.5. The highest BCUT2D eigenvalue weighted by atomic mass is 32.1. The zero-order chi connectivity index (χ0) is 18.0. The van der Waals surface area contributed by atoms with Crippen molar-refractivity contribution in [3.8, 4) is 0 Å². The van der Waals surface area contributed by atoms with E-state index >= 15 is 0 Å². The number of amides is 1. The van der Waals surface area contributed by atoms with Crippen molar-refractivity contribution < 1.29 is 4.79 Å². The van der Waals surface area contributed by atoms with Crippen LogP contribution in [-0.2, 0) is 4.79 Å². The maximum Gasteiger partial charge on any atom is 0.241 e.